The fourth-order valence-electron chi connectivity index (χ4n) is 1.24. The molecule has 11 heteroatoms. The van der Waals surface area contributed by atoms with Crippen LogP contribution in [-0.2, 0) is 0 Å². The smallest absolute Gasteiger partial charge is 0.372 e. The highest BCUT2D eigenvalue weighted by atomic mass is 32.2. The van der Waals surface area contributed by atoms with Crippen LogP contribution in [0.3, 0.4) is 0 Å². The predicted molar refractivity (Wildman–Crippen MR) is 66.2 cm³/mol. The van der Waals surface area contributed by atoms with Crippen molar-refractivity contribution in [2.45, 2.75) is 5.16 Å². The van der Waals surface area contributed by atoms with E-state index in [1.54, 1.807) is 6.26 Å². The monoisotopic (exact) mass is 285 g/mol. The molecule has 2 rings (SSSR count). The van der Waals surface area contributed by atoms with Crippen LogP contribution in [0.15, 0.2) is 9.95 Å². The van der Waals surface area contributed by atoms with Gasteiger partial charge in [-0.3, -0.25) is 0 Å². The van der Waals surface area contributed by atoms with Gasteiger partial charge in [-0.25, -0.2) is 4.79 Å². The lowest BCUT2D eigenvalue weighted by Gasteiger charge is -2.03. The minimum absolute atomic E-state index is 0.00558. The summed E-state index contributed by atoms with van der Waals surface area (Å²) in [5.41, 5.74) is -0.584. The van der Waals surface area contributed by atoms with E-state index in [4.69, 9.17) is 15.3 Å². The lowest BCUT2D eigenvalue weighted by Crippen LogP contribution is -2.30. The molecule has 2 heterocycles. The van der Waals surface area contributed by atoms with Crippen LogP contribution in [-0.4, -0.2) is 49.9 Å². The van der Waals surface area contributed by atoms with Crippen LogP contribution in [0.1, 0.15) is 0 Å². The van der Waals surface area contributed by atoms with E-state index < -0.39 is 5.69 Å². The standard InChI is InChI=1S/C8H11N7O3S/c1-17-5-10-4(11-6(12-5)18-2)15-8(16)14(9)7(13-15)19-3/h9H2,1-3H3. The van der Waals surface area contributed by atoms with E-state index in [2.05, 4.69) is 20.1 Å². The molecule has 0 fully saturated rings. The van der Waals surface area contributed by atoms with E-state index in [9.17, 15) is 4.79 Å². The van der Waals surface area contributed by atoms with Crippen LogP contribution >= 0.6 is 11.8 Å². The van der Waals surface area contributed by atoms with Gasteiger partial charge in [-0.15, -0.1) is 14.8 Å². The van der Waals surface area contributed by atoms with Gasteiger partial charge in [0, 0.05) is 0 Å². The van der Waals surface area contributed by atoms with E-state index in [1.165, 1.54) is 26.0 Å². The number of ether oxygens (including phenoxy) is 2. The first-order chi connectivity index (χ1) is 9.10. The number of nitrogen functional groups attached to an aromatic ring is 1. The average Bonchev–Trinajstić information content (AvgIpc) is 2.74. The third-order valence-corrected chi connectivity index (χ3v) is 2.74. The molecule has 0 amide bonds. The normalized spacial score (nSPS) is 10.5. The second-order valence-corrected chi connectivity index (χ2v) is 3.93. The molecule has 0 aromatic carbocycles. The maximum absolute atomic E-state index is 11.9. The zero-order valence-electron chi connectivity index (χ0n) is 10.4. The molecule has 0 aliphatic heterocycles. The van der Waals surface area contributed by atoms with Gasteiger partial charge < -0.3 is 15.3 Å². The second kappa shape index (κ2) is 5.14. The third-order valence-electron chi connectivity index (χ3n) is 2.10. The number of hydrogen-bond acceptors (Lipinski definition) is 9. The van der Waals surface area contributed by atoms with Gasteiger partial charge in [0.1, 0.15) is 0 Å². The first-order valence-corrected chi connectivity index (χ1v) is 6.18. The Morgan fingerprint density at radius 3 is 2.16 bits per heavy atom. The molecule has 0 aliphatic carbocycles. The van der Waals surface area contributed by atoms with Crippen LogP contribution in [0, 0.1) is 0 Å². The molecule has 2 aromatic rings. The summed E-state index contributed by atoms with van der Waals surface area (Å²) in [5.74, 6) is 5.52. The van der Waals surface area contributed by atoms with E-state index in [1.807, 2.05) is 0 Å². The summed E-state index contributed by atoms with van der Waals surface area (Å²) in [7, 11) is 2.77. The van der Waals surface area contributed by atoms with Crippen molar-refractivity contribution in [3.05, 3.63) is 10.5 Å². The Morgan fingerprint density at radius 2 is 1.74 bits per heavy atom. The second-order valence-electron chi connectivity index (χ2n) is 3.16. The molecule has 0 unspecified atom stereocenters. The van der Waals surface area contributed by atoms with Gasteiger partial charge in [0.15, 0.2) is 0 Å². The summed E-state index contributed by atoms with van der Waals surface area (Å²) in [4.78, 5) is 23.5. The fourth-order valence-corrected chi connectivity index (χ4v) is 1.67. The van der Waals surface area contributed by atoms with Gasteiger partial charge in [-0.2, -0.15) is 14.6 Å². The Balaban J connectivity index is 2.61. The van der Waals surface area contributed by atoms with Crippen molar-refractivity contribution in [2.75, 3.05) is 26.3 Å². The molecule has 0 aliphatic rings. The Kier molecular flexibility index (Phi) is 3.55. The van der Waals surface area contributed by atoms with E-state index >= 15 is 0 Å². The SMILES string of the molecule is COc1nc(OC)nc(-n2nc(SC)n(N)c2=O)n1. The van der Waals surface area contributed by atoms with E-state index in [0.717, 1.165) is 9.36 Å². The molecule has 0 bridgehead atoms. The molecule has 10 nitrogen and oxygen atoms in total. The Bertz CT molecular complexity index is 630. The quantitative estimate of drug-likeness (QED) is 0.537. The first kappa shape index (κ1) is 13.1. The molecule has 2 N–H and O–H groups in total. The lowest BCUT2D eigenvalue weighted by atomic mass is 10.8. The summed E-state index contributed by atoms with van der Waals surface area (Å²) in [5, 5.41) is 4.31. The van der Waals surface area contributed by atoms with Crippen LogP contribution < -0.4 is 21.0 Å². The lowest BCUT2D eigenvalue weighted by molar-refractivity contribution is 0.337. The summed E-state index contributed by atoms with van der Waals surface area (Å²) in [6.07, 6.45) is 1.74. The molecule has 0 saturated carbocycles. The van der Waals surface area contributed by atoms with E-state index in [0.29, 0.717) is 5.16 Å². The highest BCUT2D eigenvalue weighted by molar-refractivity contribution is 7.98. The Labute approximate surface area is 111 Å². The van der Waals surface area contributed by atoms with Crippen molar-refractivity contribution < 1.29 is 9.47 Å². The molecule has 0 atom stereocenters. The van der Waals surface area contributed by atoms with Gasteiger partial charge in [0.05, 0.1) is 14.2 Å². The van der Waals surface area contributed by atoms with Gasteiger partial charge in [0.2, 0.25) is 5.16 Å². The molecular formula is C8H11N7O3S. The Morgan fingerprint density at radius 1 is 1.16 bits per heavy atom. The largest absolute Gasteiger partial charge is 0.467 e. The van der Waals surface area contributed by atoms with Crippen molar-refractivity contribution >= 4 is 11.8 Å². The van der Waals surface area contributed by atoms with Crippen molar-refractivity contribution in [3.8, 4) is 18.0 Å². The van der Waals surface area contributed by atoms with Crippen molar-refractivity contribution in [1.29, 1.82) is 0 Å². The first-order valence-electron chi connectivity index (χ1n) is 4.96. The van der Waals surface area contributed by atoms with Crippen LogP contribution in [0.25, 0.3) is 5.95 Å². The van der Waals surface area contributed by atoms with Gasteiger partial charge in [-0.05, 0) is 6.26 Å². The molecule has 102 valence electrons. The minimum atomic E-state index is -0.584. The molecule has 2 aromatic heterocycles. The highest BCUT2D eigenvalue weighted by Crippen LogP contribution is 2.12. The minimum Gasteiger partial charge on any atom is -0.467 e. The summed E-state index contributed by atoms with van der Waals surface area (Å²) in [6.45, 7) is 0. The van der Waals surface area contributed by atoms with E-state index in [-0.39, 0.29) is 18.0 Å². The predicted octanol–water partition coefficient (Wildman–Crippen LogP) is -1.33. The summed E-state index contributed by atoms with van der Waals surface area (Å²) < 4.78 is 11.6. The number of nitrogens with zero attached hydrogens (tertiary/aromatic N) is 6. The average molecular weight is 285 g/mol. The van der Waals surface area contributed by atoms with Crippen molar-refractivity contribution in [1.82, 2.24) is 29.4 Å². The molecule has 0 radical (unpaired) electrons. The van der Waals surface area contributed by atoms with Crippen LogP contribution in [0.4, 0.5) is 0 Å². The number of hydrogen-bond donors (Lipinski definition) is 1. The summed E-state index contributed by atoms with van der Waals surface area (Å²) >= 11 is 1.22. The summed E-state index contributed by atoms with van der Waals surface area (Å²) in [6, 6.07) is 0.0112. The molecule has 0 spiro atoms. The van der Waals surface area contributed by atoms with Crippen LogP contribution in [0.2, 0.25) is 0 Å². The number of thioether (sulfide) groups is 1. The maximum atomic E-state index is 11.9. The van der Waals surface area contributed by atoms with Crippen molar-refractivity contribution in [2.24, 2.45) is 0 Å². The number of rotatable bonds is 4. The van der Waals surface area contributed by atoms with Crippen LogP contribution in [0.5, 0.6) is 12.0 Å². The number of aromatic nitrogens is 6. The zero-order valence-corrected chi connectivity index (χ0v) is 11.2. The maximum Gasteiger partial charge on any atom is 0.372 e. The number of nitrogens with two attached hydrogens (primary N) is 1. The topological polar surface area (TPSA) is 123 Å². The number of methoxy groups -OCH3 is 2. The highest BCUT2D eigenvalue weighted by Gasteiger charge is 2.16. The Hall–Kier alpha value is -2.30. The molecular weight excluding hydrogens is 274 g/mol. The van der Waals surface area contributed by atoms with Gasteiger partial charge >= 0.3 is 17.7 Å². The van der Waals surface area contributed by atoms with Gasteiger partial charge in [0.25, 0.3) is 5.95 Å². The zero-order chi connectivity index (χ0) is 14.0. The van der Waals surface area contributed by atoms with Gasteiger partial charge in [-0.1, -0.05) is 11.8 Å². The molecule has 19 heavy (non-hydrogen) atoms. The molecule has 0 saturated heterocycles. The van der Waals surface area contributed by atoms with Crippen molar-refractivity contribution in [3.63, 3.8) is 0 Å². The fraction of sp³-hybridized carbons (Fsp3) is 0.375. The third kappa shape index (κ3) is 2.31.